The van der Waals surface area contributed by atoms with Crippen LogP contribution in [-0.2, 0) is 9.53 Å². The predicted molar refractivity (Wildman–Crippen MR) is 73.9 cm³/mol. The number of nitrogens with one attached hydrogen (secondary N) is 1. The highest BCUT2D eigenvalue weighted by atomic mass is 16.5. The Kier molecular flexibility index (Phi) is 3.81. The molecule has 3 aliphatic rings. The highest BCUT2D eigenvalue weighted by Crippen LogP contribution is 2.32. The van der Waals surface area contributed by atoms with Gasteiger partial charge in [-0.05, 0) is 46.0 Å². The predicted octanol–water partition coefficient (Wildman–Crippen LogP) is 1.54. The highest BCUT2D eigenvalue weighted by molar-refractivity contribution is 5.80. The lowest BCUT2D eigenvalue weighted by Gasteiger charge is -2.38. The van der Waals surface area contributed by atoms with Gasteiger partial charge in [0.05, 0.1) is 12.0 Å². The van der Waals surface area contributed by atoms with Crippen molar-refractivity contribution in [2.75, 3.05) is 13.2 Å². The lowest BCUT2D eigenvalue weighted by atomic mass is 9.94. The molecule has 108 valence electrons. The molecule has 0 aromatic heterocycles. The summed E-state index contributed by atoms with van der Waals surface area (Å²) in [6.45, 7) is 5.73. The third-order valence-corrected chi connectivity index (χ3v) is 5.21. The first kappa shape index (κ1) is 13.4. The van der Waals surface area contributed by atoms with Gasteiger partial charge in [0, 0.05) is 31.3 Å². The number of hydrogen-bond acceptors (Lipinski definition) is 3. The summed E-state index contributed by atoms with van der Waals surface area (Å²) in [5, 5.41) is 3.65. The van der Waals surface area contributed by atoms with Gasteiger partial charge in [-0.1, -0.05) is 0 Å². The lowest BCUT2D eigenvalue weighted by molar-refractivity contribution is -0.140. The molecule has 3 rings (SSSR count). The van der Waals surface area contributed by atoms with Crippen LogP contribution in [0.15, 0.2) is 0 Å². The van der Waals surface area contributed by atoms with Gasteiger partial charge < -0.3 is 15.0 Å². The van der Waals surface area contributed by atoms with Crippen molar-refractivity contribution in [1.29, 1.82) is 0 Å². The van der Waals surface area contributed by atoms with Gasteiger partial charge in [-0.15, -0.1) is 0 Å². The van der Waals surface area contributed by atoms with Crippen LogP contribution >= 0.6 is 0 Å². The Hall–Kier alpha value is -0.610. The van der Waals surface area contributed by atoms with E-state index in [1.165, 1.54) is 12.8 Å². The molecule has 4 nitrogen and oxygen atoms in total. The Bertz CT molecular complexity index is 335. The molecule has 0 aromatic carbocycles. The Morgan fingerprint density at radius 2 is 1.95 bits per heavy atom. The summed E-state index contributed by atoms with van der Waals surface area (Å²) in [5.41, 5.74) is 0. The van der Waals surface area contributed by atoms with E-state index in [-0.39, 0.29) is 12.0 Å². The fraction of sp³-hybridized carbons (Fsp3) is 0.933. The molecule has 2 bridgehead atoms. The second-order valence-corrected chi connectivity index (χ2v) is 6.36. The van der Waals surface area contributed by atoms with Crippen LogP contribution in [0.3, 0.4) is 0 Å². The van der Waals surface area contributed by atoms with Gasteiger partial charge in [0.15, 0.2) is 0 Å². The third kappa shape index (κ3) is 2.52. The Morgan fingerprint density at radius 3 is 2.47 bits per heavy atom. The van der Waals surface area contributed by atoms with Gasteiger partial charge in [0.25, 0.3) is 0 Å². The molecular weight excluding hydrogens is 240 g/mol. The zero-order valence-electron chi connectivity index (χ0n) is 12.1. The Balaban J connectivity index is 1.68. The van der Waals surface area contributed by atoms with E-state index in [2.05, 4.69) is 17.1 Å². The molecule has 4 heteroatoms. The van der Waals surface area contributed by atoms with E-state index in [0.717, 1.165) is 32.4 Å². The average Bonchev–Trinajstić information content (AvgIpc) is 2.96. The smallest absolute Gasteiger partial charge is 0.228 e. The molecule has 0 aromatic rings. The molecule has 1 amide bonds. The van der Waals surface area contributed by atoms with Gasteiger partial charge in [-0.2, -0.15) is 0 Å². The molecule has 3 fully saturated rings. The number of hydrogen-bond donors (Lipinski definition) is 1. The lowest BCUT2D eigenvalue weighted by Crippen LogP contribution is -2.52. The number of carbonyl (C=O) groups is 1. The monoisotopic (exact) mass is 266 g/mol. The summed E-state index contributed by atoms with van der Waals surface area (Å²) in [4.78, 5) is 14.9. The standard InChI is InChI=1S/C15H26N2O2/c1-3-17(15(18)14-6-7-19-10(14)2)13-8-11-4-5-12(9-13)16-11/h10-14,16H,3-9H2,1-2H3. The molecule has 0 spiro atoms. The topological polar surface area (TPSA) is 41.6 Å². The van der Waals surface area contributed by atoms with Crippen molar-refractivity contribution in [2.45, 2.75) is 70.2 Å². The van der Waals surface area contributed by atoms with Crippen LogP contribution in [0.1, 0.15) is 46.0 Å². The van der Waals surface area contributed by atoms with Crippen molar-refractivity contribution in [3.8, 4) is 0 Å². The van der Waals surface area contributed by atoms with Crippen LogP contribution in [0, 0.1) is 5.92 Å². The number of piperidine rings is 1. The number of rotatable bonds is 3. The average molecular weight is 266 g/mol. The van der Waals surface area contributed by atoms with Crippen LogP contribution in [0.25, 0.3) is 0 Å². The van der Waals surface area contributed by atoms with E-state index in [0.29, 0.717) is 24.0 Å². The van der Waals surface area contributed by atoms with Gasteiger partial charge in [0.2, 0.25) is 5.91 Å². The van der Waals surface area contributed by atoms with Gasteiger partial charge in [0.1, 0.15) is 0 Å². The minimum Gasteiger partial charge on any atom is -0.378 e. The SMILES string of the molecule is CCN(C(=O)C1CCOC1C)C1CC2CCC(C1)N2. The molecule has 3 heterocycles. The second-order valence-electron chi connectivity index (χ2n) is 6.36. The number of fused-ring (bicyclic) bond motifs is 2. The maximum Gasteiger partial charge on any atom is 0.228 e. The maximum atomic E-state index is 12.7. The largest absolute Gasteiger partial charge is 0.378 e. The minimum atomic E-state index is 0.0903. The third-order valence-electron chi connectivity index (χ3n) is 5.21. The number of carbonyl (C=O) groups excluding carboxylic acids is 1. The minimum absolute atomic E-state index is 0.0903. The molecule has 4 unspecified atom stereocenters. The van der Waals surface area contributed by atoms with E-state index in [1.54, 1.807) is 0 Å². The molecule has 1 N–H and O–H groups in total. The highest BCUT2D eigenvalue weighted by Gasteiger charge is 2.40. The van der Waals surface area contributed by atoms with E-state index < -0.39 is 0 Å². The molecule has 0 radical (unpaired) electrons. The number of amides is 1. The first-order chi connectivity index (χ1) is 9.19. The van der Waals surface area contributed by atoms with Gasteiger partial charge in [-0.25, -0.2) is 0 Å². The van der Waals surface area contributed by atoms with E-state index in [1.807, 2.05) is 6.92 Å². The molecule has 0 aliphatic carbocycles. The summed E-state index contributed by atoms with van der Waals surface area (Å²) in [6.07, 6.45) is 5.84. The summed E-state index contributed by atoms with van der Waals surface area (Å²) < 4.78 is 5.56. The van der Waals surface area contributed by atoms with Crippen molar-refractivity contribution in [3.63, 3.8) is 0 Å². The molecule has 4 atom stereocenters. The summed E-state index contributed by atoms with van der Waals surface area (Å²) in [7, 11) is 0. The van der Waals surface area contributed by atoms with Crippen molar-refractivity contribution in [1.82, 2.24) is 10.2 Å². The quantitative estimate of drug-likeness (QED) is 0.842. The van der Waals surface area contributed by atoms with E-state index >= 15 is 0 Å². The molecule has 3 aliphatic heterocycles. The van der Waals surface area contributed by atoms with Crippen molar-refractivity contribution < 1.29 is 9.53 Å². The van der Waals surface area contributed by atoms with Crippen LogP contribution in [0.2, 0.25) is 0 Å². The second kappa shape index (κ2) is 5.41. The molecular formula is C15H26N2O2. The van der Waals surface area contributed by atoms with Gasteiger partial charge in [-0.3, -0.25) is 4.79 Å². The fourth-order valence-electron chi connectivity index (χ4n) is 4.14. The summed E-state index contributed by atoms with van der Waals surface area (Å²) in [5.74, 6) is 0.422. The van der Waals surface area contributed by atoms with Crippen molar-refractivity contribution in [3.05, 3.63) is 0 Å². The molecule has 0 saturated carbocycles. The number of ether oxygens (including phenoxy) is 1. The van der Waals surface area contributed by atoms with E-state index in [9.17, 15) is 4.79 Å². The zero-order valence-corrected chi connectivity index (χ0v) is 12.1. The van der Waals surface area contributed by atoms with Crippen LogP contribution in [0.5, 0.6) is 0 Å². The summed E-state index contributed by atoms with van der Waals surface area (Å²) >= 11 is 0. The van der Waals surface area contributed by atoms with E-state index in [4.69, 9.17) is 4.74 Å². The molecule has 3 saturated heterocycles. The summed E-state index contributed by atoms with van der Waals surface area (Å²) in [6, 6.07) is 1.73. The maximum absolute atomic E-state index is 12.7. The first-order valence-electron chi connectivity index (χ1n) is 7.87. The fourth-order valence-corrected chi connectivity index (χ4v) is 4.14. The normalized spacial score (nSPS) is 41.5. The molecule has 19 heavy (non-hydrogen) atoms. The zero-order chi connectivity index (χ0) is 13.4. The Labute approximate surface area is 115 Å². The van der Waals surface area contributed by atoms with Crippen LogP contribution in [-0.4, -0.2) is 48.2 Å². The van der Waals surface area contributed by atoms with Crippen molar-refractivity contribution in [2.24, 2.45) is 5.92 Å². The van der Waals surface area contributed by atoms with Crippen LogP contribution < -0.4 is 5.32 Å². The first-order valence-corrected chi connectivity index (χ1v) is 7.87. The Morgan fingerprint density at radius 1 is 1.26 bits per heavy atom. The van der Waals surface area contributed by atoms with Crippen LogP contribution in [0.4, 0.5) is 0 Å². The number of nitrogens with zero attached hydrogens (tertiary/aromatic N) is 1. The van der Waals surface area contributed by atoms with Gasteiger partial charge >= 0.3 is 0 Å². The van der Waals surface area contributed by atoms with Crippen molar-refractivity contribution >= 4 is 5.91 Å².